The molecule has 0 bridgehead atoms. The minimum absolute atomic E-state index is 0.0119. The monoisotopic (exact) mass is 200 g/mol. The molecule has 0 spiro atoms. The van der Waals surface area contributed by atoms with Crippen LogP contribution in [0.15, 0.2) is 23.7 Å². The third kappa shape index (κ3) is 3.81. The van der Waals surface area contributed by atoms with Crippen LogP contribution in [0.4, 0.5) is 0 Å². The second kappa shape index (κ2) is 6.45. The van der Waals surface area contributed by atoms with Crippen molar-refractivity contribution in [3.05, 3.63) is 23.7 Å². The maximum Gasteiger partial charge on any atom is 0.118 e. The Morgan fingerprint density at radius 3 is 2.57 bits per heavy atom. The zero-order valence-corrected chi connectivity index (χ0v) is 8.11. The Morgan fingerprint density at radius 2 is 1.86 bits per heavy atom. The second-order valence-corrected chi connectivity index (χ2v) is 2.90. The topological polar surface area (TPSA) is 58.9 Å². The summed E-state index contributed by atoms with van der Waals surface area (Å²) in [4.78, 5) is 0. The highest BCUT2D eigenvalue weighted by molar-refractivity contribution is 5.20. The lowest BCUT2D eigenvalue weighted by Crippen LogP contribution is -2.05. The molecule has 4 heteroatoms. The van der Waals surface area contributed by atoms with E-state index >= 15 is 0 Å². The summed E-state index contributed by atoms with van der Waals surface area (Å²) in [5, 5.41) is 17.1. The van der Waals surface area contributed by atoms with E-state index in [9.17, 15) is 0 Å². The van der Waals surface area contributed by atoms with Gasteiger partial charge in [0.05, 0.1) is 13.2 Å². The van der Waals surface area contributed by atoms with Gasteiger partial charge in [0.15, 0.2) is 0 Å². The van der Waals surface area contributed by atoms with Crippen LogP contribution in [0.1, 0.15) is 12.8 Å². The van der Waals surface area contributed by atoms with Crippen LogP contribution >= 0.6 is 0 Å². The molecule has 0 fully saturated rings. The fraction of sp³-hybridized carbons (Fsp3) is 0.600. The molecule has 0 heterocycles. The van der Waals surface area contributed by atoms with E-state index in [4.69, 9.17) is 19.7 Å². The van der Waals surface area contributed by atoms with Gasteiger partial charge in [0.25, 0.3) is 0 Å². The van der Waals surface area contributed by atoms with Crippen LogP contribution in [0.5, 0.6) is 0 Å². The molecule has 0 saturated carbocycles. The predicted octanol–water partition coefficient (Wildman–Crippen LogP) is 0.566. The first-order valence-corrected chi connectivity index (χ1v) is 4.75. The molecule has 0 aromatic heterocycles. The van der Waals surface area contributed by atoms with Gasteiger partial charge in [0.1, 0.15) is 24.7 Å². The van der Waals surface area contributed by atoms with Crippen molar-refractivity contribution in [2.75, 3.05) is 26.4 Å². The van der Waals surface area contributed by atoms with Crippen molar-refractivity contribution >= 4 is 0 Å². The number of aliphatic hydroxyl groups excluding tert-OH is 2. The molecule has 80 valence electrons. The normalized spacial score (nSPS) is 15.9. The first-order chi connectivity index (χ1) is 6.86. The third-order valence-electron chi connectivity index (χ3n) is 1.78. The molecule has 0 aromatic carbocycles. The van der Waals surface area contributed by atoms with E-state index in [0.29, 0.717) is 13.2 Å². The molecule has 2 N–H and O–H groups in total. The van der Waals surface area contributed by atoms with E-state index in [1.807, 2.05) is 6.08 Å². The Bertz CT molecular complexity index is 220. The lowest BCUT2D eigenvalue weighted by Gasteiger charge is -2.14. The van der Waals surface area contributed by atoms with Gasteiger partial charge in [-0.05, 0) is 12.5 Å². The lowest BCUT2D eigenvalue weighted by atomic mass is 10.1. The van der Waals surface area contributed by atoms with E-state index in [0.717, 1.165) is 24.4 Å². The van der Waals surface area contributed by atoms with Crippen molar-refractivity contribution in [1.29, 1.82) is 0 Å². The number of aliphatic hydroxyl groups is 2. The molecule has 1 aliphatic rings. The van der Waals surface area contributed by atoms with Crippen LogP contribution in [-0.4, -0.2) is 36.6 Å². The average molecular weight is 200 g/mol. The Labute approximate surface area is 83.5 Å². The summed E-state index contributed by atoms with van der Waals surface area (Å²) in [5.74, 6) is 1.56. The van der Waals surface area contributed by atoms with Gasteiger partial charge in [-0.3, -0.25) is 0 Å². The molecule has 0 atom stereocenters. The number of rotatable bonds is 6. The van der Waals surface area contributed by atoms with E-state index < -0.39 is 0 Å². The van der Waals surface area contributed by atoms with E-state index in [2.05, 4.69) is 0 Å². The van der Waals surface area contributed by atoms with Crippen LogP contribution in [-0.2, 0) is 9.47 Å². The molecule has 0 radical (unpaired) electrons. The third-order valence-corrected chi connectivity index (χ3v) is 1.78. The van der Waals surface area contributed by atoms with Crippen molar-refractivity contribution in [1.82, 2.24) is 0 Å². The molecular formula is C10H16O4. The van der Waals surface area contributed by atoms with Crippen molar-refractivity contribution < 1.29 is 19.7 Å². The van der Waals surface area contributed by atoms with Crippen molar-refractivity contribution in [2.24, 2.45) is 0 Å². The number of hydrogen-bond donors (Lipinski definition) is 2. The van der Waals surface area contributed by atoms with Crippen LogP contribution in [0.3, 0.4) is 0 Å². The first kappa shape index (κ1) is 11.1. The maximum absolute atomic E-state index is 8.57. The standard InChI is InChI=1S/C10H16O4/c11-4-6-13-9-2-1-3-10(8-9)14-7-5-12/h2,8,11-12H,1,3-7H2. The van der Waals surface area contributed by atoms with Gasteiger partial charge in [-0.15, -0.1) is 0 Å². The first-order valence-electron chi connectivity index (χ1n) is 4.75. The van der Waals surface area contributed by atoms with Crippen molar-refractivity contribution in [3.8, 4) is 0 Å². The minimum Gasteiger partial charge on any atom is -0.495 e. The minimum atomic E-state index is 0.0119. The highest BCUT2D eigenvalue weighted by atomic mass is 16.5. The summed E-state index contributed by atoms with van der Waals surface area (Å²) in [6.07, 6.45) is 5.47. The molecule has 0 unspecified atom stereocenters. The summed E-state index contributed by atoms with van der Waals surface area (Å²) in [6, 6.07) is 0. The maximum atomic E-state index is 8.57. The molecule has 0 saturated heterocycles. The van der Waals surface area contributed by atoms with Gasteiger partial charge < -0.3 is 19.7 Å². The van der Waals surface area contributed by atoms with Gasteiger partial charge in [0, 0.05) is 12.5 Å². The zero-order valence-electron chi connectivity index (χ0n) is 8.11. The second-order valence-electron chi connectivity index (χ2n) is 2.90. The molecule has 0 amide bonds. The van der Waals surface area contributed by atoms with Crippen LogP contribution in [0.25, 0.3) is 0 Å². The van der Waals surface area contributed by atoms with Crippen molar-refractivity contribution in [3.63, 3.8) is 0 Å². The summed E-state index contributed by atoms with van der Waals surface area (Å²) >= 11 is 0. The Kier molecular flexibility index (Phi) is 5.11. The fourth-order valence-corrected chi connectivity index (χ4v) is 1.20. The summed E-state index contributed by atoms with van der Waals surface area (Å²) in [5.41, 5.74) is 0. The summed E-state index contributed by atoms with van der Waals surface area (Å²) < 4.78 is 10.5. The smallest absolute Gasteiger partial charge is 0.118 e. The van der Waals surface area contributed by atoms with Gasteiger partial charge in [-0.25, -0.2) is 0 Å². The number of hydrogen-bond acceptors (Lipinski definition) is 4. The summed E-state index contributed by atoms with van der Waals surface area (Å²) in [7, 11) is 0. The van der Waals surface area contributed by atoms with E-state index in [-0.39, 0.29) is 13.2 Å². The van der Waals surface area contributed by atoms with Crippen LogP contribution < -0.4 is 0 Å². The molecule has 1 aliphatic carbocycles. The van der Waals surface area contributed by atoms with E-state index in [1.54, 1.807) is 6.08 Å². The lowest BCUT2D eigenvalue weighted by molar-refractivity contribution is 0.129. The average Bonchev–Trinajstić information content (AvgIpc) is 2.24. The molecule has 0 aliphatic heterocycles. The molecule has 0 aromatic rings. The number of allylic oxidation sites excluding steroid dienone is 3. The predicted molar refractivity (Wildman–Crippen MR) is 51.5 cm³/mol. The molecule has 4 nitrogen and oxygen atoms in total. The van der Waals surface area contributed by atoms with Gasteiger partial charge in [-0.1, -0.05) is 0 Å². The van der Waals surface area contributed by atoms with Gasteiger partial charge >= 0.3 is 0 Å². The SMILES string of the molecule is OCCOC1=CCCC(OCCO)=C1. The van der Waals surface area contributed by atoms with E-state index in [1.165, 1.54) is 0 Å². The largest absolute Gasteiger partial charge is 0.495 e. The van der Waals surface area contributed by atoms with Crippen LogP contribution in [0.2, 0.25) is 0 Å². The summed E-state index contributed by atoms with van der Waals surface area (Å²) in [6.45, 7) is 0.653. The fourth-order valence-electron chi connectivity index (χ4n) is 1.20. The molecular weight excluding hydrogens is 184 g/mol. The quantitative estimate of drug-likeness (QED) is 0.658. The Morgan fingerprint density at radius 1 is 1.14 bits per heavy atom. The zero-order chi connectivity index (χ0) is 10.2. The van der Waals surface area contributed by atoms with Crippen molar-refractivity contribution in [2.45, 2.75) is 12.8 Å². The molecule has 1 rings (SSSR count). The highest BCUT2D eigenvalue weighted by Gasteiger charge is 2.06. The van der Waals surface area contributed by atoms with Gasteiger partial charge in [-0.2, -0.15) is 0 Å². The van der Waals surface area contributed by atoms with Crippen LogP contribution in [0, 0.1) is 0 Å². The Balaban J connectivity index is 2.37. The highest BCUT2D eigenvalue weighted by Crippen LogP contribution is 2.18. The molecule has 14 heavy (non-hydrogen) atoms. The van der Waals surface area contributed by atoms with Gasteiger partial charge in [0.2, 0.25) is 0 Å². The Hall–Kier alpha value is -1.00. The number of ether oxygens (including phenoxy) is 2.